The van der Waals surface area contributed by atoms with Crippen molar-refractivity contribution in [1.29, 1.82) is 0 Å². The highest BCUT2D eigenvalue weighted by Gasteiger charge is 2.37. The number of aromatic nitrogens is 4. The Kier molecular flexibility index (Phi) is 11.4. The molecule has 0 radical (unpaired) electrons. The van der Waals surface area contributed by atoms with Crippen molar-refractivity contribution < 1.29 is 32.7 Å². The number of likely N-dealkylation sites (tertiary alicyclic amines) is 2. The summed E-state index contributed by atoms with van der Waals surface area (Å²) in [7, 11) is 0. The average molecular weight is 835 g/mol. The van der Waals surface area contributed by atoms with Gasteiger partial charge in [0.25, 0.3) is 5.88 Å². The van der Waals surface area contributed by atoms with Crippen LogP contribution in [-0.2, 0) is 4.79 Å². The zero-order valence-electron chi connectivity index (χ0n) is 34.9. The number of nitrogens with one attached hydrogen (secondary N) is 1. The van der Waals surface area contributed by atoms with E-state index in [-0.39, 0.29) is 64.0 Å². The van der Waals surface area contributed by atoms with Gasteiger partial charge in [-0.05, 0) is 99.1 Å². The highest BCUT2D eigenvalue weighted by molar-refractivity contribution is 6.03. The molecule has 3 aromatic heterocycles. The molecule has 9 rings (SSSR count). The number of piperidine rings is 1. The number of aromatic hydroxyl groups is 1. The maximum absolute atomic E-state index is 16.9. The van der Waals surface area contributed by atoms with E-state index in [1.54, 1.807) is 6.07 Å². The number of fused-ring (bicyclic) bond motifs is 4. The smallest absolute Gasteiger partial charge is 0.319 e. The molecule has 0 saturated carbocycles. The second-order valence-corrected chi connectivity index (χ2v) is 17.5. The SMILES string of the molecule is C#Cc1c(F)ccc2cc(O)cc(-c3ncc4c(N5CC6CCC(C5)N6)nc(OCCN5CCC(COc6cc(C(C(=O)N7CCCC7C)C(C)C)on6)CC5)nc4c3F)c12. The highest BCUT2D eigenvalue weighted by atomic mass is 19.1. The number of anilines is 1. The Balaban J connectivity index is 0.874. The third-order valence-corrected chi connectivity index (χ3v) is 13.0. The third kappa shape index (κ3) is 8.15. The minimum Gasteiger partial charge on any atom is -0.508 e. The number of pyridine rings is 1. The monoisotopic (exact) mass is 834 g/mol. The number of halogens is 2. The van der Waals surface area contributed by atoms with Crippen molar-refractivity contribution >= 4 is 33.4 Å². The number of terminal acetylenes is 1. The van der Waals surface area contributed by atoms with Crippen molar-refractivity contribution in [3.8, 4) is 41.2 Å². The number of phenolic OH excluding ortho intramolecular Hbond substituents is 1. The van der Waals surface area contributed by atoms with Crippen LogP contribution in [0.3, 0.4) is 0 Å². The first-order chi connectivity index (χ1) is 29.5. The van der Waals surface area contributed by atoms with Gasteiger partial charge in [-0.3, -0.25) is 14.7 Å². The number of phenols is 1. The van der Waals surface area contributed by atoms with Crippen LogP contribution in [0.15, 0.2) is 41.1 Å². The van der Waals surface area contributed by atoms with E-state index in [4.69, 9.17) is 25.4 Å². The van der Waals surface area contributed by atoms with Gasteiger partial charge in [-0.1, -0.05) is 25.8 Å². The van der Waals surface area contributed by atoms with Crippen LogP contribution < -0.4 is 19.7 Å². The summed E-state index contributed by atoms with van der Waals surface area (Å²) in [4.78, 5) is 33.8. The number of piperazine rings is 1. The molecule has 0 aliphatic carbocycles. The minimum atomic E-state index is -0.751. The first-order valence-electron chi connectivity index (χ1n) is 21.6. The van der Waals surface area contributed by atoms with Gasteiger partial charge in [0.15, 0.2) is 11.6 Å². The molecule has 4 aliphatic heterocycles. The van der Waals surface area contributed by atoms with E-state index in [9.17, 15) is 14.3 Å². The van der Waals surface area contributed by atoms with Crippen molar-refractivity contribution in [2.45, 2.75) is 83.3 Å². The molecule has 15 heteroatoms. The number of hydrogen-bond donors (Lipinski definition) is 2. The Morgan fingerprint density at radius 3 is 2.56 bits per heavy atom. The lowest BCUT2D eigenvalue weighted by molar-refractivity contribution is -0.134. The number of amides is 1. The van der Waals surface area contributed by atoms with E-state index < -0.39 is 17.6 Å². The van der Waals surface area contributed by atoms with Crippen LogP contribution in [0.5, 0.6) is 17.6 Å². The second kappa shape index (κ2) is 17.1. The lowest BCUT2D eigenvalue weighted by Crippen LogP contribution is -2.51. The summed E-state index contributed by atoms with van der Waals surface area (Å²) in [5.41, 5.74) is 0.000540. The second-order valence-electron chi connectivity index (χ2n) is 17.5. The zero-order valence-corrected chi connectivity index (χ0v) is 34.9. The van der Waals surface area contributed by atoms with Crippen LogP contribution in [0.4, 0.5) is 14.6 Å². The Hall–Kier alpha value is -5.59. The molecule has 7 heterocycles. The van der Waals surface area contributed by atoms with E-state index in [1.165, 1.54) is 30.5 Å². The topological polar surface area (TPSA) is 142 Å². The summed E-state index contributed by atoms with van der Waals surface area (Å²) in [5, 5.41) is 19.6. The zero-order chi connectivity index (χ0) is 42.4. The molecule has 1 amide bonds. The average Bonchev–Trinajstić information content (AvgIpc) is 3.99. The van der Waals surface area contributed by atoms with Gasteiger partial charge in [-0.15, -0.1) is 6.42 Å². The molecule has 4 unspecified atom stereocenters. The van der Waals surface area contributed by atoms with E-state index in [1.807, 2.05) is 18.7 Å². The first kappa shape index (κ1) is 40.8. The number of carbonyl (C=O) groups excluding carboxylic acids is 1. The van der Waals surface area contributed by atoms with Gasteiger partial charge in [0.1, 0.15) is 41.1 Å². The van der Waals surface area contributed by atoms with Gasteiger partial charge < -0.3 is 34.2 Å². The van der Waals surface area contributed by atoms with Gasteiger partial charge in [-0.2, -0.15) is 9.97 Å². The molecule has 5 aromatic rings. The van der Waals surface area contributed by atoms with E-state index in [0.717, 1.165) is 58.2 Å². The Morgan fingerprint density at radius 2 is 1.84 bits per heavy atom. The van der Waals surface area contributed by atoms with E-state index >= 15 is 4.39 Å². The van der Waals surface area contributed by atoms with Crippen molar-refractivity contribution in [1.82, 2.24) is 35.2 Å². The quantitative estimate of drug-likeness (QED) is 0.130. The van der Waals surface area contributed by atoms with Gasteiger partial charge in [0.05, 0.1) is 17.6 Å². The molecule has 4 atom stereocenters. The number of hydrogen-bond acceptors (Lipinski definition) is 12. The summed E-state index contributed by atoms with van der Waals surface area (Å²) in [6, 6.07) is 8.15. The minimum absolute atomic E-state index is 0.0126. The largest absolute Gasteiger partial charge is 0.508 e. The number of ether oxygens (including phenoxy) is 2. The van der Waals surface area contributed by atoms with Crippen LogP contribution in [0.2, 0.25) is 0 Å². The predicted octanol–water partition coefficient (Wildman–Crippen LogP) is 6.66. The Bertz CT molecular complexity index is 2470. The van der Waals surface area contributed by atoms with Gasteiger partial charge in [0.2, 0.25) is 5.91 Å². The predicted molar refractivity (Wildman–Crippen MR) is 227 cm³/mol. The van der Waals surface area contributed by atoms with Crippen molar-refractivity contribution in [2.75, 3.05) is 57.4 Å². The maximum Gasteiger partial charge on any atom is 0.319 e. The lowest BCUT2D eigenvalue weighted by Gasteiger charge is -2.34. The Morgan fingerprint density at radius 1 is 1.05 bits per heavy atom. The fraction of sp³-hybridized carbons (Fsp3) is 0.500. The summed E-state index contributed by atoms with van der Waals surface area (Å²) in [6.45, 7) is 11.4. The molecule has 2 N–H and O–H groups in total. The van der Waals surface area contributed by atoms with Crippen LogP contribution in [-0.4, -0.2) is 112 Å². The first-order valence-corrected chi connectivity index (χ1v) is 21.6. The fourth-order valence-electron chi connectivity index (χ4n) is 9.75. The molecule has 2 bridgehead atoms. The normalized spacial score (nSPS) is 21.4. The van der Waals surface area contributed by atoms with Gasteiger partial charge in [0, 0.05) is 67.5 Å². The summed E-state index contributed by atoms with van der Waals surface area (Å²) >= 11 is 0. The number of nitrogens with zero attached hydrogens (tertiary/aromatic N) is 7. The number of carbonyl (C=O) groups is 1. The number of rotatable bonds is 12. The van der Waals surface area contributed by atoms with Crippen LogP contribution in [0, 0.1) is 35.8 Å². The van der Waals surface area contributed by atoms with Crippen LogP contribution in [0.25, 0.3) is 32.9 Å². The van der Waals surface area contributed by atoms with E-state index in [0.29, 0.717) is 72.5 Å². The Labute approximate surface area is 353 Å². The standard InChI is InChI=1S/C46H52F2N8O5/c1-5-33-36(47)11-8-29-19-32(57)20-34(40(29)33)42-41(48)43-35(22-49-42)44(55-23-30-9-10-31(24-55)50-30)52-46(51-43)59-18-17-54-15-12-28(13-16-54)25-60-38-21-37(61-53-38)39(26(2)3)45(58)56-14-6-7-27(56)4/h1,8,11,19-22,26-28,30-31,39,50,57H,6-7,9-10,12-18,23-25H2,2-4H3. The van der Waals surface area contributed by atoms with Gasteiger partial charge >= 0.3 is 6.01 Å². The van der Waals surface area contributed by atoms with Crippen molar-refractivity contribution in [3.05, 3.63) is 59.5 Å². The molecule has 4 saturated heterocycles. The number of benzene rings is 2. The van der Waals surface area contributed by atoms with Crippen molar-refractivity contribution in [2.24, 2.45) is 11.8 Å². The fourth-order valence-corrected chi connectivity index (χ4v) is 9.75. The molecule has 2 aromatic carbocycles. The molecule has 4 fully saturated rings. The molecule has 320 valence electrons. The van der Waals surface area contributed by atoms with Crippen LogP contribution >= 0.6 is 0 Å². The molecule has 61 heavy (non-hydrogen) atoms. The summed E-state index contributed by atoms with van der Waals surface area (Å²) in [6.07, 6.45) is 13.2. The van der Waals surface area contributed by atoms with Gasteiger partial charge in [-0.25, -0.2) is 8.78 Å². The summed E-state index contributed by atoms with van der Waals surface area (Å²) < 4.78 is 49.8. The molecule has 0 spiro atoms. The summed E-state index contributed by atoms with van der Waals surface area (Å²) in [5.74, 6) is 2.45. The van der Waals surface area contributed by atoms with E-state index in [2.05, 4.69) is 43.1 Å². The molecular weight excluding hydrogens is 783 g/mol. The maximum atomic E-state index is 16.9. The van der Waals surface area contributed by atoms with Crippen LogP contribution in [0.1, 0.15) is 76.5 Å². The van der Waals surface area contributed by atoms with Crippen molar-refractivity contribution in [3.63, 3.8) is 0 Å². The molecule has 4 aliphatic rings. The third-order valence-electron chi connectivity index (χ3n) is 13.0. The lowest BCUT2D eigenvalue weighted by atomic mass is 9.91. The highest BCUT2D eigenvalue weighted by Crippen LogP contribution is 2.40. The molecular formula is C46H52F2N8O5. The molecule has 13 nitrogen and oxygen atoms in total.